The molecule has 3 heteroatoms. The van der Waals surface area contributed by atoms with Crippen molar-refractivity contribution in [1.29, 1.82) is 0 Å². The fourth-order valence-electron chi connectivity index (χ4n) is 2.71. The number of hydrogen-bond donors (Lipinski definition) is 2. The lowest BCUT2D eigenvalue weighted by Gasteiger charge is -2.22. The van der Waals surface area contributed by atoms with Gasteiger partial charge in [-0.3, -0.25) is 0 Å². The van der Waals surface area contributed by atoms with Crippen LogP contribution in [0.1, 0.15) is 49.1 Å². The Balaban J connectivity index is 1.86. The molecule has 2 N–H and O–H groups in total. The molecule has 1 aromatic carbocycles. The predicted octanol–water partition coefficient (Wildman–Crippen LogP) is 3.54. The summed E-state index contributed by atoms with van der Waals surface area (Å²) in [4.78, 5) is 10.3. The lowest BCUT2D eigenvalue weighted by molar-refractivity contribution is 0.194. The maximum atomic E-state index is 10.3. The highest BCUT2D eigenvalue weighted by molar-refractivity contribution is 5.64. The fourth-order valence-corrected chi connectivity index (χ4v) is 2.71. The normalized spacial score (nSPS) is 16.4. The summed E-state index contributed by atoms with van der Waals surface area (Å²) >= 11 is 0. The second-order valence-electron chi connectivity index (χ2n) is 5.06. The van der Waals surface area contributed by atoms with E-state index in [2.05, 4.69) is 29.6 Å². The summed E-state index contributed by atoms with van der Waals surface area (Å²) in [7, 11) is 0. The Morgan fingerprint density at radius 3 is 2.44 bits per heavy atom. The molecule has 18 heavy (non-hydrogen) atoms. The van der Waals surface area contributed by atoms with E-state index < -0.39 is 6.09 Å². The van der Waals surface area contributed by atoms with Gasteiger partial charge in [0.1, 0.15) is 0 Å². The fraction of sp³-hybridized carbons (Fsp3) is 0.533. The average Bonchev–Trinajstić information content (AvgIpc) is 2.40. The molecule has 0 radical (unpaired) electrons. The van der Waals surface area contributed by atoms with E-state index in [1.54, 1.807) is 0 Å². The maximum Gasteiger partial charge on any atom is 0.404 e. The number of rotatable bonds is 4. The molecule has 0 bridgehead atoms. The molecule has 1 saturated carbocycles. The van der Waals surface area contributed by atoms with E-state index in [0.29, 0.717) is 6.54 Å². The third-order valence-electron chi connectivity index (χ3n) is 3.75. The van der Waals surface area contributed by atoms with Crippen molar-refractivity contribution in [2.24, 2.45) is 0 Å². The van der Waals surface area contributed by atoms with E-state index in [1.807, 2.05) is 0 Å². The largest absolute Gasteiger partial charge is 0.465 e. The second kappa shape index (κ2) is 6.43. The third kappa shape index (κ3) is 3.76. The quantitative estimate of drug-likeness (QED) is 0.855. The van der Waals surface area contributed by atoms with Crippen molar-refractivity contribution in [3.8, 4) is 0 Å². The first-order valence-electron chi connectivity index (χ1n) is 6.81. The lowest BCUT2D eigenvalue weighted by Crippen LogP contribution is -2.23. The van der Waals surface area contributed by atoms with Gasteiger partial charge in [-0.05, 0) is 36.3 Å². The van der Waals surface area contributed by atoms with Gasteiger partial charge in [-0.1, -0.05) is 43.5 Å². The highest BCUT2D eigenvalue weighted by atomic mass is 16.4. The molecule has 1 aromatic rings. The molecule has 0 aromatic heterocycles. The first kappa shape index (κ1) is 12.9. The summed E-state index contributed by atoms with van der Waals surface area (Å²) in [5.74, 6) is 0.741. The molecule has 98 valence electrons. The van der Waals surface area contributed by atoms with E-state index in [0.717, 1.165) is 12.3 Å². The smallest absolute Gasteiger partial charge is 0.404 e. The van der Waals surface area contributed by atoms with Gasteiger partial charge in [-0.2, -0.15) is 0 Å². The summed E-state index contributed by atoms with van der Waals surface area (Å²) in [6, 6.07) is 8.69. The van der Waals surface area contributed by atoms with Crippen LogP contribution in [-0.4, -0.2) is 17.7 Å². The molecule has 3 nitrogen and oxygen atoms in total. The number of hydrogen-bond acceptors (Lipinski definition) is 1. The van der Waals surface area contributed by atoms with Gasteiger partial charge in [-0.25, -0.2) is 4.79 Å². The zero-order chi connectivity index (χ0) is 12.8. The van der Waals surface area contributed by atoms with E-state index in [9.17, 15) is 4.79 Å². The molecule has 0 saturated heterocycles. The zero-order valence-corrected chi connectivity index (χ0v) is 10.7. The Kier molecular flexibility index (Phi) is 4.62. The van der Waals surface area contributed by atoms with Gasteiger partial charge in [0.2, 0.25) is 0 Å². The molecule has 0 atom stereocenters. The lowest BCUT2D eigenvalue weighted by atomic mass is 9.84. The molecular formula is C15H21NO2. The molecule has 0 heterocycles. The van der Waals surface area contributed by atoms with Crippen molar-refractivity contribution in [3.63, 3.8) is 0 Å². The first-order chi connectivity index (χ1) is 8.75. The molecule has 0 spiro atoms. The van der Waals surface area contributed by atoms with Crippen molar-refractivity contribution < 1.29 is 9.90 Å². The van der Waals surface area contributed by atoms with Gasteiger partial charge in [0, 0.05) is 6.54 Å². The van der Waals surface area contributed by atoms with Gasteiger partial charge in [0.15, 0.2) is 0 Å². The van der Waals surface area contributed by atoms with Crippen molar-refractivity contribution in [2.45, 2.75) is 44.4 Å². The summed E-state index contributed by atoms with van der Waals surface area (Å²) in [5.41, 5.74) is 2.65. The Bertz CT molecular complexity index is 380. The van der Waals surface area contributed by atoms with Crippen LogP contribution in [0, 0.1) is 0 Å². The van der Waals surface area contributed by atoms with Gasteiger partial charge < -0.3 is 10.4 Å². The highest BCUT2D eigenvalue weighted by Crippen LogP contribution is 2.32. The molecule has 0 aliphatic heterocycles. The molecule has 1 aliphatic rings. The van der Waals surface area contributed by atoms with Crippen LogP contribution >= 0.6 is 0 Å². The third-order valence-corrected chi connectivity index (χ3v) is 3.75. The second-order valence-corrected chi connectivity index (χ2v) is 5.06. The van der Waals surface area contributed by atoms with Crippen LogP contribution in [0.15, 0.2) is 24.3 Å². The van der Waals surface area contributed by atoms with Crippen molar-refractivity contribution >= 4 is 6.09 Å². The van der Waals surface area contributed by atoms with E-state index in [4.69, 9.17) is 5.11 Å². The molecule has 1 aliphatic carbocycles. The standard InChI is InChI=1S/C15H21NO2/c17-15(18)16-11-10-12-6-8-14(9-7-12)13-4-2-1-3-5-13/h6-9,13,16H,1-5,10-11H2,(H,17,18). The monoisotopic (exact) mass is 247 g/mol. The van der Waals surface area contributed by atoms with Crippen molar-refractivity contribution in [2.75, 3.05) is 6.54 Å². The number of nitrogens with one attached hydrogen (secondary N) is 1. The number of benzene rings is 1. The Labute approximate surface area is 108 Å². The Hall–Kier alpha value is -1.51. The van der Waals surface area contributed by atoms with Gasteiger partial charge in [-0.15, -0.1) is 0 Å². The number of amides is 1. The van der Waals surface area contributed by atoms with Crippen molar-refractivity contribution in [3.05, 3.63) is 35.4 Å². The molecule has 1 amide bonds. The summed E-state index contributed by atoms with van der Waals surface area (Å²) in [5, 5.41) is 10.9. The summed E-state index contributed by atoms with van der Waals surface area (Å²) < 4.78 is 0. The number of carbonyl (C=O) groups is 1. The van der Waals surface area contributed by atoms with Crippen LogP contribution in [0.25, 0.3) is 0 Å². The topological polar surface area (TPSA) is 49.3 Å². The van der Waals surface area contributed by atoms with Crippen LogP contribution < -0.4 is 5.32 Å². The van der Waals surface area contributed by atoms with Gasteiger partial charge in [0.05, 0.1) is 0 Å². The molecule has 1 fully saturated rings. The van der Waals surface area contributed by atoms with E-state index in [-0.39, 0.29) is 0 Å². The molecule has 0 unspecified atom stereocenters. The highest BCUT2D eigenvalue weighted by Gasteiger charge is 2.14. The Morgan fingerprint density at radius 2 is 1.83 bits per heavy atom. The van der Waals surface area contributed by atoms with Crippen LogP contribution in [0.4, 0.5) is 4.79 Å². The Morgan fingerprint density at radius 1 is 1.17 bits per heavy atom. The SMILES string of the molecule is O=C(O)NCCc1ccc(C2CCCCC2)cc1. The summed E-state index contributed by atoms with van der Waals surface area (Å²) in [6.07, 6.45) is 6.55. The minimum atomic E-state index is -0.950. The first-order valence-corrected chi connectivity index (χ1v) is 6.81. The zero-order valence-electron chi connectivity index (χ0n) is 10.7. The number of carboxylic acid groups (broad SMARTS) is 1. The molecule has 2 rings (SSSR count). The summed E-state index contributed by atoms with van der Waals surface area (Å²) in [6.45, 7) is 0.484. The van der Waals surface area contributed by atoms with E-state index >= 15 is 0 Å². The van der Waals surface area contributed by atoms with Crippen LogP contribution in [0.2, 0.25) is 0 Å². The molecular weight excluding hydrogens is 226 g/mol. The average molecular weight is 247 g/mol. The van der Waals surface area contributed by atoms with Gasteiger partial charge >= 0.3 is 6.09 Å². The van der Waals surface area contributed by atoms with Gasteiger partial charge in [0.25, 0.3) is 0 Å². The van der Waals surface area contributed by atoms with Crippen LogP contribution in [0.3, 0.4) is 0 Å². The maximum absolute atomic E-state index is 10.3. The van der Waals surface area contributed by atoms with Crippen LogP contribution in [-0.2, 0) is 6.42 Å². The predicted molar refractivity (Wildman–Crippen MR) is 72.0 cm³/mol. The van der Waals surface area contributed by atoms with Crippen molar-refractivity contribution in [1.82, 2.24) is 5.32 Å². The van der Waals surface area contributed by atoms with Crippen LogP contribution in [0.5, 0.6) is 0 Å². The minimum Gasteiger partial charge on any atom is -0.465 e. The van der Waals surface area contributed by atoms with E-state index in [1.165, 1.54) is 43.2 Å². The minimum absolute atomic E-state index is 0.484.